The molecule has 0 spiro atoms. The number of aryl methyl sites for hydroxylation is 1. The highest BCUT2D eigenvalue weighted by atomic mass is 32.2. The van der Waals surface area contributed by atoms with Crippen molar-refractivity contribution in [3.05, 3.63) is 59.4 Å². The van der Waals surface area contributed by atoms with Crippen molar-refractivity contribution in [3.8, 4) is 0 Å². The molecule has 0 saturated carbocycles. The summed E-state index contributed by atoms with van der Waals surface area (Å²) < 4.78 is 13.9. The summed E-state index contributed by atoms with van der Waals surface area (Å²) in [6.45, 7) is 9.52. The summed E-state index contributed by atoms with van der Waals surface area (Å²) in [6.07, 6.45) is -0.0612. The number of hydrogen-bond donors (Lipinski definition) is 1. The molecule has 2 aromatic rings. The van der Waals surface area contributed by atoms with E-state index in [4.69, 9.17) is 4.99 Å². The lowest BCUT2D eigenvalue weighted by molar-refractivity contribution is -0.129. The molecule has 6 nitrogen and oxygen atoms in total. The molecular formula is C26H33FN4O2S. The zero-order chi connectivity index (χ0) is 25.0. The fraction of sp³-hybridized carbons (Fsp3) is 0.423. The Morgan fingerprint density at radius 1 is 1.18 bits per heavy atom. The average molecular weight is 485 g/mol. The first kappa shape index (κ1) is 25.9. The molecule has 2 aromatic carbocycles. The predicted molar refractivity (Wildman–Crippen MR) is 138 cm³/mol. The van der Waals surface area contributed by atoms with Crippen molar-refractivity contribution in [2.75, 3.05) is 32.5 Å². The third-order valence-corrected chi connectivity index (χ3v) is 6.84. The molecule has 1 saturated heterocycles. The van der Waals surface area contributed by atoms with Gasteiger partial charge in [0.1, 0.15) is 11.1 Å². The van der Waals surface area contributed by atoms with E-state index in [0.29, 0.717) is 11.7 Å². The fourth-order valence-corrected chi connectivity index (χ4v) is 5.25. The van der Waals surface area contributed by atoms with Crippen LogP contribution in [0.3, 0.4) is 0 Å². The second kappa shape index (κ2) is 10.7. The van der Waals surface area contributed by atoms with Crippen molar-refractivity contribution in [1.29, 1.82) is 0 Å². The summed E-state index contributed by atoms with van der Waals surface area (Å²) in [5.74, 6) is -1.06. The van der Waals surface area contributed by atoms with E-state index in [1.807, 2.05) is 46.1 Å². The van der Waals surface area contributed by atoms with E-state index in [9.17, 15) is 14.0 Å². The molecule has 1 heterocycles. The highest BCUT2D eigenvalue weighted by Gasteiger charge is 2.41. The summed E-state index contributed by atoms with van der Waals surface area (Å²) >= 11 is 1.30. The topological polar surface area (TPSA) is 65.0 Å². The Kier molecular flexibility index (Phi) is 8.15. The Balaban J connectivity index is 1.86. The molecule has 8 heteroatoms. The maximum atomic E-state index is 13.9. The molecule has 34 heavy (non-hydrogen) atoms. The number of nitrogens with one attached hydrogen (secondary N) is 1. The van der Waals surface area contributed by atoms with Crippen molar-refractivity contribution in [1.82, 2.24) is 9.80 Å². The Morgan fingerprint density at radius 3 is 2.56 bits per heavy atom. The van der Waals surface area contributed by atoms with E-state index in [-0.39, 0.29) is 23.4 Å². The standard InChI is InChI=1S/C26H33FN4O2S/c1-17-10-9-13-20(18(17)2)29-25-31(16-26(3,4)15-30(5)6)24(33)22(34-25)14-23(32)28-21-12-8-7-11-19(21)27/h7-13,22H,14-16H2,1-6H3,(H,28,32)/t22-/m0/s1. The van der Waals surface area contributed by atoms with Crippen molar-refractivity contribution in [3.63, 3.8) is 0 Å². The summed E-state index contributed by atoms with van der Waals surface area (Å²) in [7, 11) is 4.01. The van der Waals surface area contributed by atoms with Crippen LogP contribution in [0.4, 0.5) is 15.8 Å². The number of anilines is 1. The Hall–Kier alpha value is -2.71. The van der Waals surface area contributed by atoms with Gasteiger partial charge < -0.3 is 10.2 Å². The molecule has 1 atom stereocenters. The van der Waals surface area contributed by atoms with Gasteiger partial charge in [0.15, 0.2) is 5.17 Å². The summed E-state index contributed by atoms with van der Waals surface area (Å²) in [6, 6.07) is 11.9. The van der Waals surface area contributed by atoms with Crippen LogP contribution in [0.2, 0.25) is 0 Å². The third-order valence-electron chi connectivity index (χ3n) is 5.66. The molecule has 3 rings (SSSR count). The fourth-order valence-electron chi connectivity index (χ4n) is 4.10. The maximum Gasteiger partial charge on any atom is 0.242 e. The van der Waals surface area contributed by atoms with E-state index < -0.39 is 17.0 Å². The molecule has 1 fully saturated rings. The monoisotopic (exact) mass is 484 g/mol. The van der Waals surface area contributed by atoms with E-state index >= 15 is 0 Å². The molecule has 0 radical (unpaired) electrons. The van der Waals surface area contributed by atoms with Crippen molar-refractivity contribution in [2.45, 2.75) is 39.4 Å². The summed E-state index contributed by atoms with van der Waals surface area (Å²) in [5.41, 5.74) is 2.90. The van der Waals surface area contributed by atoms with Gasteiger partial charge >= 0.3 is 0 Å². The second-order valence-corrected chi connectivity index (χ2v) is 10.9. The molecule has 0 aliphatic carbocycles. The number of carbonyl (C=O) groups is 2. The van der Waals surface area contributed by atoms with Crippen LogP contribution in [-0.2, 0) is 9.59 Å². The van der Waals surface area contributed by atoms with Gasteiger partial charge in [0.2, 0.25) is 11.8 Å². The highest BCUT2D eigenvalue weighted by Crippen LogP contribution is 2.35. The normalized spacial score (nSPS) is 17.6. The van der Waals surface area contributed by atoms with Crippen molar-refractivity contribution in [2.24, 2.45) is 10.4 Å². The van der Waals surface area contributed by atoms with Gasteiger partial charge in [0, 0.05) is 19.5 Å². The lowest BCUT2D eigenvalue weighted by Gasteiger charge is -2.32. The lowest BCUT2D eigenvalue weighted by atomic mass is 9.92. The molecule has 2 amide bonds. The largest absolute Gasteiger partial charge is 0.324 e. The smallest absolute Gasteiger partial charge is 0.242 e. The molecule has 1 aliphatic rings. The quantitative estimate of drug-likeness (QED) is 0.573. The SMILES string of the molecule is Cc1cccc(N=C2S[C@@H](CC(=O)Nc3ccccc3F)C(=O)N2CC(C)(C)CN(C)C)c1C. The Bertz CT molecular complexity index is 1100. The van der Waals surface area contributed by atoms with Crippen LogP contribution in [0.1, 0.15) is 31.4 Å². The number of amides is 2. The van der Waals surface area contributed by atoms with E-state index in [1.54, 1.807) is 17.0 Å². The first-order valence-corrected chi connectivity index (χ1v) is 12.2. The van der Waals surface area contributed by atoms with Gasteiger partial charge in [-0.15, -0.1) is 0 Å². The van der Waals surface area contributed by atoms with Crippen molar-refractivity contribution < 1.29 is 14.0 Å². The lowest BCUT2D eigenvalue weighted by Crippen LogP contribution is -2.43. The van der Waals surface area contributed by atoms with Crippen LogP contribution in [0.25, 0.3) is 0 Å². The molecule has 0 unspecified atom stereocenters. The average Bonchev–Trinajstić information content (AvgIpc) is 3.00. The van der Waals surface area contributed by atoms with Crippen LogP contribution >= 0.6 is 11.8 Å². The van der Waals surface area contributed by atoms with Gasteiger partial charge in [-0.1, -0.05) is 49.9 Å². The summed E-state index contributed by atoms with van der Waals surface area (Å²) in [5, 5.41) is 2.56. The molecule has 0 aromatic heterocycles. The van der Waals surface area contributed by atoms with Crippen molar-refractivity contribution >= 4 is 40.1 Å². The van der Waals surface area contributed by atoms with Gasteiger partial charge in [0.05, 0.1) is 11.4 Å². The van der Waals surface area contributed by atoms with Crippen LogP contribution in [0.5, 0.6) is 0 Å². The zero-order valence-electron chi connectivity index (χ0n) is 20.7. The molecule has 0 bridgehead atoms. The van der Waals surface area contributed by atoms with Crippen LogP contribution in [0, 0.1) is 25.1 Å². The Morgan fingerprint density at radius 2 is 1.88 bits per heavy atom. The molecule has 1 aliphatic heterocycles. The summed E-state index contributed by atoms with van der Waals surface area (Å²) in [4.78, 5) is 34.7. The third kappa shape index (κ3) is 6.45. The first-order valence-electron chi connectivity index (χ1n) is 11.3. The number of amidine groups is 1. The van der Waals surface area contributed by atoms with E-state index in [2.05, 4.69) is 24.1 Å². The molecule has 182 valence electrons. The maximum absolute atomic E-state index is 13.9. The minimum absolute atomic E-state index is 0.0612. The van der Waals surface area contributed by atoms with Crippen LogP contribution < -0.4 is 5.32 Å². The van der Waals surface area contributed by atoms with E-state index in [0.717, 1.165) is 23.4 Å². The number of hydrogen-bond acceptors (Lipinski definition) is 5. The number of benzene rings is 2. The number of rotatable bonds is 8. The Labute approximate surface area is 205 Å². The van der Waals surface area contributed by atoms with Crippen LogP contribution in [0.15, 0.2) is 47.5 Å². The molecule has 1 N–H and O–H groups in total. The van der Waals surface area contributed by atoms with Crippen LogP contribution in [-0.4, -0.2) is 59.2 Å². The first-order chi connectivity index (χ1) is 16.0. The minimum atomic E-state index is -0.620. The number of halogens is 1. The van der Waals surface area contributed by atoms with Gasteiger partial charge in [0.25, 0.3) is 0 Å². The predicted octanol–water partition coefficient (Wildman–Crippen LogP) is 4.99. The number of para-hydroxylation sites is 1. The van der Waals surface area contributed by atoms with Gasteiger partial charge in [-0.05, 0) is 62.7 Å². The van der Waals surface area contributed by atoms with Gasteiger partial charge in [-0.2, -0.15) is 0 Å². The zero-order valence-corrected chi connectivity index (χ0v) is 21.5. The minimum Gasteiger partial charge on any atom is -0.324 e. The van der Waals surface area contributed by atoms with Gasteiger partial charge in [-0.3, -0.25) is 14.5 Å². The number of aliphatic imine (C=N–C) groups is 1. The second-order valence-electron chi connectivity index (χ2n) is 9.78. The molecular weight excluding hydrogens is 451 g/mol. The number of nitrogens with zero attached hydrogens (tertiary/aromatic N) is 3. The van der Waals surface area contributed by atoms with Gasteiger partial charge in [-0.25, -0.2) is 9.38 Å². The highest BCUT2D eigenvalue weighted by molar-refractivity contribution is 8.15. The van der Waals surface area contributed by atoms with E-state index in [1.165, 1.54) is 23.9 Å². The number of thioether (sulfide) groups is 1. The number of carbonyl (C=O) groups excluding carboxylic acids is 2.